The average Bonchev–Trinajstić information content (AvgIpc) is 3.02. The van der Waals surface area contributed by atoms with Gasteiger partial charge in [0.05, 0.1) is 24.0 Å². The van der Waals surface area contributed by atoms with E-state index < -0.39 is 23.5 Å². The summed E-state index contributed by atoms with van der Waals surface area (Å²) < 4.78 is 63.1. The Hall–Kier alpha value is -2.61. The highest BCUT2D eigenvalue weighted by molar-refractivity contribution is 6.33. The number of pyridine rings is 1. The molecule has 3 rings (SSSR count). The number of fused-ring (bicyclic) bond motifs is 1. The van der Waals surface area contributed by atoms with Crippen molar-refractivity contribution in [2.24, 2.45) is 0 Å². The van der Waals surface area contributed by atoms with E-state index >= 15 is 0 Å². The zero-order valence-electron chi connectivity index (χ0n) is 12.4. The maximum atomic E-state index is 14.3. The van der Waals surface area contributed by atoms with Crippen LogP contribution in [0.1, 0.15) is 16.1 Å². The molecule has 130 valence electrons. The van der Waals surface area contributed by atoms with Crippen LogP contribution in [0.15, 0.2) is 34.9 Å². The van der Waals surface area contributed by atoms with Gasteiger partial charge in [0.1, 0.15) is 11.3 Å². The zero-order valence-corrected chi connectivity index (χ0v) is 13.2. The summed E-state index contributed by atoms with van der Waals surface area (Å²) in [6, 6.07) is 3.77. The van der Waals surface area contributed by atoms with E-state index in [1.165, 1.54) is 0 Å². The third-order valence-electron chi connectivity index (χ3n) is 3.49. The van der Waals surface area contributed by atoms with Crippen molar-refractivity contribution >= 4 is 28.5 Å². The van der Waals surface area contributed by atoms with Gasteiger partial charge in [0.15, 0.2) is 11.5 Å². The lowest BCUT2D eigenvalue weighted by molar-refractivity contribution is -0.136. The van der Waals surface area contributed by atoms with E-state index in [0.717, 1.165) is 37.6 Å². The maximum Gasteiger partial charge on any atom is 0.417 e. The number of ether oxygens (including phenoxy) is 1. The second-order valence-corrected chi connectivity index (χ2v) is 5.37. The van der Waals surface area contributed by atoms with Crippen molar-refractivity contribution in [2.45, 2.75) is 6.18 Å². The Bertz CT molecular complexity index is 981. The van der Waals surface area contributed by atoms with Crippen LogP contribution in [-0.2, 0) is 10.9 Å². The van der Waals surface area contributed by atoms with Crippen molar-refractivity contribution in [3.05, 3.63) is 52.6 Å². The average molecular weight is 374 g/mol. The fourth-order valence-electron chi connectivity index (χ4n) is 2.39. The zero-order chi connectivity index (χ0) is 18.4. The third kappa shape index (κ3) is 2.93. The van der Waals surface area contributed by atoms with E-state index in [1.807, 2.05) is 0 Å². The smallest absolute Gasteiger partial charge is 0.417 e. The van der Waals surface area contributed by atoms with Crippen LogP contribution >= 0.6 is 11.6 Å². The Balaban J connectivity index is 2.28. The topological polar surface area (TPSA) is 52.3 Å². The predicted molar refractivity (Wildman–Crippen MR) is 80.8 cm³/mol. The third-order valence-corrected chi connectivity index (χ3v) is 3.77. The van der Waals surface area contributed by atoms with Crippen molar-refractivity contribution in [1.82, 2.24) is 4.98 Å². The van der Waals surface area contributed by atoms with E-state index in [4.69, 9.17) is 16.0 Å². The summed E-state index contributed by atoms with van der Waals surface area (Å²) in [5, 5.41) is -0.531. The lowest BCUT2D eigenvalue weighted by Gasteiger charge is -2.11. The van der Waals surface area contributed by atoms with Crippen LogP contribution in [0.2, 0.25) is 5.02 Å². The van der Waals surface area contributed by atoms with E-state index in [-0.39, 0.29) is 32.9 Å². The lowest BCUT2D eigenvalue weighted by atomic mass is 10.0. The van der Waals surface area contributed by atoms with Crippen molar-refractivity contribution in [3.8, 4) is 11.3 Å². The van der Waals surface area contributed by atoms with Gasteiger partial charge < -0.3 is 9.15 Å². The molecule has 0 fully saturated rings. The van der Waals surface area contributed by atoms with Gasteiger partial charge in [0.25, 0.3) is 0 Å². The molecule has 9 heteroatoms. The summed E-state index contributed by atoms with van der Waals surface area (Å²) in [6.07, 6.45) is -3.55. The Kier molecular flexibility index (Phi) is 4.16. The second-order valence-electron chi connectivity index (χ2n) is 4.96. The molecule has 0 saturated heterocycles. The van der Waals surface area contributed by atoms with Crippen LogP contribution in [0.4, 0.5) is 17.6 Å². The molecule has 1 aromatic carbocycles. The standard InChI is InChI=1S/C16H8ClF4NO3/c1-24-15(23)13-10(17)6-11(18)12(22-13)8-2-3-9(16(19,20)21)7-4-5-25-14(7)8/h2-6H,1H3. The molecule has 4 nitrogen and oxygen atoms in total. The predicted octanol–water partition coefficient (Wildman–Crippen LogP) is 5.09. The number of alkyl halides is 3. The first kappa shape index (κ1) is 17.2. The molecule has 0 aliphatic rings. The Labute approximate surface area is 143 Å². The number of furan rings is 1. The van der Waals surface area contributed by atoms with Gasteiger partial charge in [-0.15, -0.1) is 0 Å². The van der Waals surface area contributed by atoms with Gasteiger partial charge in [-0.05, 0) is 24.3 Å². The first-order chi connectivity index (χ1) is 11.7. The SMILES string of the molecule is COC(=O)c1nc(-c2ccc(C(F)(F)F)c3ccoc23)c(F)cc1Cl. The number of benzene rings is 1. The van der Waals surface area contributed by atoms with Crippen molar-refractivity contribution in [1.29, 1.82) is 0 Å². The number of halogens is 5. The van der Waals surface area contributed by atoms with Crippen LogP contribution in [0.3, 0.4) is 0 Å². The monoisotopic (exact) mass is 373 g/mol. The molecule has 0 N–H and O–H groups in total. The van der Waals surface area contributed by atoms with Gasteiger partial charge in [0, 0.05) is 10.9 Å². The molecule has 2 heterocycles. The summed E-state index contributed by atoms with van der Waals surface area (Å²) in [4.78, 5) is 15.5. The highest BCUT2D eigenvalue weighted by Crippen LogP contribution is 2.39. The molecular formula is C16H8ClF4NO3. The van der Waals surface area contributed by atoms with Gasteiger partial charge in [-0.25, -0.2) is 14.2 Å². The molecule has 0 saturated carbocycles. The summed E-state index contributed by atoms with van der Waals surface area (Å²) in [5.74, 6) is -1.83. The minimum atomic E-state index is -4.61. The molecule has 0 aliphatic carbocycles. The highest BCUT2D eigenvalue weighted by Gasteiger charge is 2.34. The van der Waals surface area contributed by atoms with Crippen molar-refractivity contribution < 1.29 is 31.5 Å². The summed E-state index contributed by atoms with van der Waals surface area (Å²) in [6.45, 7) is 0. The first-order valence-corrected chi connectivity index (χ1v) is 7.14. The van der Waals surface area contributed by atoms with Crippen LogP contribution < -0.4 is 0 Å². The highest BCUT2D eigenvalue weighted by atomic mass is 35.5. The molecule has 0 unspecified atom stereocenters. The Morgan fingerprint density at radius 1 is 1.28 bits per heavy atom. The number of esters is 1. The lowest BCUT2D eigenvalue weighted by Crippen LogP contribution is -2.08. The Morgan fingerprint density at radius 2 is 2.00 bits per heavy atom. The van der Waals surface area contributed by atoms with Crippen molar-refractivity contribution in [2.75, 3.05) is 7.11 Å². The normalized spacial score (nSPS) is 11.8. The molecule has 25 heavy (non-hydrogen) atoms. The molecular weight excluding hydrogens is 366 g/mol. The van der Waals surface area contributed by atoms with Gasteiger partial charge in [-0.2, -0.15) is 13.2 Å². The van der Waals surface area contributed by atoms with Crippen LogP contribution in [0.25, 0.3) is 22.2 Å². The number of hydrogen-bond donors (Lipinski definition) is 0. The van der Waals surface area contributed by atoms with E-state index in [0.29, 0.717) is 0 Å². The molecule has 0 radical (unpaired) electrons. The molecule has 0 spiro atoms. The van der Waals surface area contributed by atoms with Gasteiger partial charge in [-0.3, -0.25) is 0 Å². The number of hydrogen-bond acceptors (Lipinski definition) is 4. The quantitative estimate of drug-likeness (QED) is 0.463. The minimum absolute atomic E-state index is 0.0488. The van der Waals surface area contributed by atoms with E-state index in [2.05, 4.69) is 9.72 Å². The number of methoxy groups -OCH3 is 1. The number of rotatable bonds is 2. The summed E-state index contributed by atoms with van der Waals surface area (Å²) >= 11 is 5.77. The van der Waals surface area contributed by atoms with E-state index in [9.17, 15) is 22.4 Å². The number of carbonyl (C=O) groups is 1. The summed E-state index contributed by atoms with van der Waals surface area (Å²) in [7, 11) is 1.09. The van der Waals surface area contributed by atoms with Crippen LogP contribution in [0.5, 0.6) is 0 Å². The molecule has 0 bridgehead atoms. The number of nitrogens with zero attached hydrogens (tertiary/aromatic N) is 1. The fraction of sp³-hybridized carbons (Fsp3) is 0.125. The molecule has 0 amide bonds. The Morgan fingerprint density at radius 3 is 2.64 bits per heavy atom. The van der Waals surface area contributed by atoms with Crippen molar-refractivity contribution in [3.63, 3.8) is 0 Å². The van der Waals surface area contributed by atoms with Crippen LogP contribution in [-0.4, -0.2) is 18.1 Å². The van der Waals surface area contributed by atoms with Gasteiger partial charge in [0.2, 0.25) is 0 Å². The molecule has 2 aromatic heterocycles. The largest absolute Gasteiger partial charge is 0.464 e. The molecule has 0 aliphatic heterocycles. The second kappa shape index (κ2) is 6.03. The summed E-state index contributed by atoms with van der Waals surface area (Å²) in [5.41, 5.74) is -1.92. The van der Waals surface area contributed by atoms with Crippen LogP contribution in [0, 0.1) is 5.82 Å². The number of carbonyl (C=O) groups excluding carboxylic acids is 1. The van der Waals surface area contributed by atoms with Gasteiger partial charge >= 0.3 is 12.1 Å². The fourth-order valence-corrected chi connectivity index (χ4v) is 2.61. The maximum absolute atomic E-state index is 14.3. The van der Waals surface area contributed by atoms with Gasteiger partial charge in [-0.1, -0.05) is 11.6 Å². The molecule has 3 aromatic rings. The number of aromatic nitrogens is 1. The first-order valence-electron chi connectivity index (χ1n) is 6.76. The molecule has 0 atom stereocenters. The minimum Gasteiger partial charge on any atom is -0.464 e. The van der Waals surface area contributed by atoms with E-state index in [1.54, 1.807) is 0 Å².